The predicted octanol–water partition coefficient (Wildman–Crippen LogP) is 3.93. The molecule has 37 heavy (non-hydrogen) atoms. The van der Waals surface area contributed by atoms with Crippen LogP contribution in [0.25, 0.3) is 0 Å². The van der Waals surface area contributed by atoms with Crippen molar-refractivity contribution in [2.24, 2.45) is 28.9 Å². The lowest BCUT2D eigenvalue weighted by Crippen LogP contribution is -2.59. The zero-order valence-corrected chi connectivity index (χ0v) is 21.5. The van der Waals surface area contributed by atoms with Gasteiger partial charge in [0, 0.05) is 48.5 Å². The van der Waals surface area contributed by atoms with Crippen molar-refractivity contribution in [3.05, 3.63) is 41.6 Å². The van der Waals surface area contributed by atoms with E-state index in [0.29, 0.717) is 36.3 Å². The number of amides is 3. The number of hydrogen-bond acceptors (Lipinski definition) is 6. The van der Waals surface area contributed by atoms with Crippen molar-refractivity contribution in [1.29, 1.82) is 0 Å². The Hall–Kier alpha value is -3.36. The number of likely N-dealkylation sites (tertiary alicyclic amines) is 1. The van der Waals surface area contributed by atoms with Crippen molar-refractivity contribution in [3.8, 4) is 0 Å². The standard InChI is InChI=1S/C28H37N7O2/c1-17-15-30-26(32-22-6-4-5-18(11-22)16-31-27(37)35-7-2-3-8-35)34-24(17)33-23-20-9-19-10-21(23)14-28(12-19,13-20)25(29)36/h4-6,11,15,19-21,23H,2-3,7-10,12-14,16H2,1H3,(H2,29,36)(H,31,37)(H2,30,32,33,34). The van der Waals surface area contributed by atoms with Crippen LogP contribution in [0.4, 0.5) is 22.2 Å². The number of nitrogens with two attached hydrogens (primary N) is 1. The van der Waals surface area contributed by atoms with E-state index in [-0.39, 0.29) is 17.4 Å². The summed E-state index contributed by atoms with van der Waals surface area (Å²) in [6, 6.07) is 8.28. The fourth-order valence-corrected chi connectivity index (χ4v) is 7.47. The van der Waals surface area contributed by atoms with Crippen LogP contribution in [0, 0.1) is 30.1 Å². The molecule has 4 bridgehead atoms. The van der Waals surface area contributed by atoms with Gasteiger partial charge in [0.15, 0.2) is 0 Å². The van der Waals surface area contributed by atoms with Crippen LogP contribution in [0.2, 0.25) is 0 Å². The minimum atomic E-state index is -0.291. The summed E-state index contributed by atoms with van der Waals surface area (Å²) in [5.41, 5.74) is 8.47. The second-order valence-corrected chi connectivity index (χ2v) is 11.7. The number of carbonyl (C=O) groups is 2. The molecule has 0 spiro atoms. The zero-order valence-electron chi connectivity index (χ0n) is 21.5. The SMILES string of the molecule is Cc1cnc(Nc2cccc(CNC(=O)N3CCCC3)c2)nc1NC1C2CC3CC1CC(C(N)=O)(C3)C2. The quantitative estimate of drug-likeness (QED) is 0.454. The second kappa shape index (κ2) is 9.50. The van der Waals surface area contributed by atoms with Crippen molar-refractivity contribution in [1.82, 2.24) is 20.2 Å². The number of nitrogens with one attached hydrogen (secondary N) is 3. The Morgan fingerprint density at radius 1 is 1.14 bits per heavy atom. The van der Waals surface area contributed by atoms with Crippen molar-refractivity contribution >= 4 is 29.4 Å². The fraction of sp³-hybridized carbons (Fsp3) is 0.571. The minimum Gasteiger partial charge on any atom is -0.369 e. The third-order valence-corrected chi connectivity index (χ3v) is 9.09. The molecule has 7 rings (SSSR count). The molecule has 3 amide bonds. The predicted molar refractivity (Wildman–Crippen MR) is 142 cm³/mol. The van der Waals surface area contributed by atoms with E-state index in [2.05, 4.69) is 20.9 Å². The van der Waals surface area contributed by atoms with Gasteiger partial charge in [-0.1, -0.05) is 12.1 Å². The molecule has 1 aliphatic heterocycles. The highest BCUT2D eigenvalue weighted by atomic mass is 16.2. The highest BCUT2D eigenvalue weighted by Crippen LogP contribution is 2.60. The number of aryl methyl sites for hydroxylation is 1. The molecule has 196 valence electrons. The molecule has 1 aromatic carbocycles. The van der Waals surface area contributed by atoms with Crippen molar-refractivity contribution < 1.29 is 9.59 Å². The fourth-order valence-electron chi connectivity index (χ4n) is 7.47. The average molecular weight is 504 g/mol. The van der Waals surface area contributed by atoms with Crippen LogP contribution in [-0.4, -0.2) is 45.9 Å². The number of urea groups is 1. The molecule has 2 heterocycles. The van der Waals surface area contributed by atoms with Crippen LogP contribution in [0.3, 0.4) is 0 Å². The normalized spacial score (nSPS) is 29.8. The van der Waals surface area contributed by atoms with Gasteiger partial charge in [-0.05, 0) is 87.3 Å². The second-order valence-electron chi connectivity index (χ2n) is 11.7. The van der Waals surface area contributed by atoms with E-state index in [4.69, 9.17) is 10.7 Å². The molecule has 2 unspecified atom stereocenters. The third kappa shape index (κ3) is 4.71. The highest BCUT2D eigenvalue weighted by Gasteiger charge is 2.57. The van der Waals surface area contributed by atoms with Crippen molar-refractivity contribution in [2.45, 2.75) is 64.5 Å². The summed E-state index contributed by atoms with van der Waals surface area (Å²) in [5.74, 6) is 2.81. The summed E-state index contributed by atoms with van der Waals surface area (Å²) in [6.07, 6.45) is 9.10. The molecular formula is C28H37N7O2. The molecule has 4 aliphatic carbocycles. The summed E-state index contributed by atoms with van der Waals surface area (Å²) in [4.78, 5) is 35.8. The average Bonchev–Trinajstić information content (AvgIpc) is 3.42. The van der Waals surface area contributed by atoms with Crippen LogP contribution in [-0.2, 0) is 11.3 Å². The van der Waals surface area contributed by atoms with E-state index in [1.807, 2.05) is 42.3 Å². The lowest BCUT2D eigenvalue weighted by atomic mass is 9.47. The van der Waals surface area contributed by atoms with Crippen molar-refractivity contribution in [3.63, 3.8) is 0 Å². The first-order valence-corrected chi connectivity index (χ1v) is 13.7. The van der Waals surface area contributed by atoms with Crippen LogP contribution >= 0.6 is 0 Å². The smallest absolute Gasteiger partial charge is 0.317 e. The Bertz CT molecular complexity index is 1180. The van der Waals surface area contributed by atoms with Gasteiger partial charge in [-0.2, -0.15) is 4.98 Å². The van der Waals surface area contributed by atoms with Gasteiger partial charge in [0.2, 0.25) is 11.9 Å². The van der Waals surface area contributed by atoms with Crippen LogP contribution < -0.4 is 21.7 Å². The summed E-state index contributed by atoms with van der Waals surface area (Å²) in [5, 5.41) is 10.1. The molecule has 5 N–H and O–H groups in total. The van der Waals surface area contributed by atoms with E-state index >= 15 is 0 Å². The van der Waals surface area contributed by atoms with E-state index < -0.39 is 0 Å². The summed E-state index contributed by atoms with van der Waals surface area (Å²) >= 11 is 0. The molecule has 2 aromatic rings. The molecular weight excluding hydrogens is 466 g/mol. The number of rotatable bonds is 7. The van der Waals surface area contributed by atoms with Crippen LogP contribution in [0.1, 0.15) is 56.1 Å². The Balaban J connectivity index is 1.12. The minimum absolute atomic E-state index is 0.0000198. The first-order valence-electron chi connectivity index (χ1n) is 13.7. The maximum absolute atomic E-state index is 12.3. The van der Waals surface area contributed by atoms with Crippen LogP contribution in [0.15, 0.2) is 30.5 Å². The number of primary amides is 1. The maximum atomic E-state index is 12.3. The topological polar surface area (TPSA) is 125 Å². The van der Waals surface area contributed by atoms with Gasteiger partial charge in [0.05, 0.1) is 0 Å². The van der Waals surface area contributed by atoms with E-state index in [0.717, 1.165) is 67.8 Å². The maximum Gasteiger partial charge on any atom is 0.317 e. The Kier molecular flexibility index (Phi) is 6.16. The molecule has 2 atom stereocenters. The molecule has 1 saturated heterocycles. The molecule has 5 fully saturated rings. The van der Waals surface area contributed by atoms with Gasteiger partial charge in [-0.3, -0.25) is 4.79 Å². The summed E-state index contributed by atoms with van der Waals surface area (Å²) < 4.78 is 0. The van der Waals surface area contributed by atoms with Crippen molar-refractivity contribution in [2.75, 3.05) is 23.7 Å². The number of aromatic nitrogens is 2. The Labute approximate surface area is 218 Å². The Morgan fingerprint density at radius 3 is 2.62 bits per heavy atom. The first-order chi connectivity index (χ1) is 17.9. The van der Waals surface area contributed by atoms with Gasteiger partial charge in [0.1, 0.15) is 5.82 Å². The van der Waals surface area contributed by atoms with E-state index in [9.17, 15) is 9.59 Å². The molecule has 4 saturated carbocycles. The molecule has 9 heteroatoms. The van der Waals surface area contributed by atoms with Gasteiger partial charge >= 0.3 is 6.03 Å². The molecule has 5 aliphatic rings. The van der Waals surface area contributed by atoms with E-state index in [1.54, 1.807) is 0 Å². The third-order valence-electron chi connectivity index (χ3n) is 9.09. The summed E-state index contributed by atoms with van der Waals surface area (Å²) in [6.45, 7) is 4.18. The van der Waals surface area contributed by atoms with Crippen LogP contribution in [0.5, 0.6) is 0 Å². The number of hydrogen-bond donors (Lipinski definition) is 4. The lowest BCUT2D eigenvalue weighted by molar-refractivity contribution is -0.143. The van der Waals surface area contributed by atoms with Gasteiger partial charge in [-0.15, -0.1) is 0 Å². The first kappa shape index (κ1) is 24.0. The van der Waals surface area contributed by atoms with E-state index in [1.165, 1.54) is 12.8 Å². The van der Waals surface area contributed by atoms with Gasteiger partial charge in [-0.25, -0.2) is 9.78 Å². The number of benzene rings is 1. The number of nitrogens with zero attached hydrogens (tertiary/aromatic N) is 3. The molecule has 1 aromatic heterocycles. The zero-order chi connectivity index (χ0) is 25.6. The Morgan fingerprint density at radius 2 is 1.89 bits per heavy atom. The lowest BCUT2D eigenvalue weighted by Gasteiger charge is -2.59. The largest absolute Gasteiger partial charge is 0.369 e. The molecule has 0 radical (unpaired) electrons. The van der Waals surface area contributed by atoms with Gasteiger partial charge in [0.25, 0.3) is 0 Å². The highest BCUT2D eigenvalue weighted by molar-refractivity contribution is 5.81. The number of anilines is 3. The monoisotopic (exact) mass is 503 g/mol. The van der Waals surface area contributed by atoms with Gasteiger partial charge < -0.3 is 26.6 Å². The summed E-state index contributed by atoms with van der Waals surface area (Å²) in [7, 11) is 0. The number of carbonyl (C=O) groups excluding carboxylic acids is 2. The molecule has 9 nitrogen and oxygen atoms in total.